The summed E-state index contributed by atoms with van der Waals surface area (Å²) in [5.74, 6) is 1.98. The highest BCUT2D eigenvalue weighted by molar-refractivity contribution is 7.71. The minimum atomic E-state index is 0.462. The molecule has 6 nitrogen and oxygen atoms in total. The molecule has 1 aromatic carbocycles. The van der Waals surface area contributed by atoms with Crippen LogP contribution in [0.3, 0.4) is 0 Å². The Morgan fingerprint density at radius 1 is 1.17 bits per heavy atom. The Hall–Kier alpha value is -2.77. The van der Waals surface area contributed by atoms with E-state index in [1.54, 1.807) is 12.4 Å². The number of hydrogen-bond acceptors (Lipinski definition) is 5. The maximum atomic E-state index is 6.06. The molecule has 30 heavy (non-hydrogen) atoms. The number of furan rings is 1. The number of hydrogen-bond donors (Lipinski definition) is 0. The fourth-order valence-corrected chi connectivity index (χ4v) is 4.36. The van der Waals surface area contributed by atoms with Crippen molar-refractivity contribution in [2.24, 2.45) is 0 Å². The third kappa shape index (κ3) is 3.48. The molecule has 154 valence electrons. The van der Waals surface area contributed by atoms with Crippen LogP contribution in [0.4, 0.5) is 0 Å². The molecule has 0 radical (unpaired) electrons. The molecule has 4 aromatic rings. The van der Waals surface area contributed by atoms with Gasteiger partial charge in [0.1, 0.15) is 11.3 Å². The van der Waals surface area contributed by atoms with Crippen molar-refractivity contribution in [3.8, 4) is 11.4 Å². The predicted octanol–water partition coefficient (Wildman–Crippen LogP) is 5.21. The van der Waals surface area contributed by atoms with Gasteiger partial charge in [-0.15, -0.1) is 0 Å². The lowest BCUT2D eigenvalue weighted by Crippen LogP contribution is -2.23. The largest absolute Gasteiger partial charge is 0.461 e. The maximum Gasteiger partial charge on any atom is 0.199 e. The van der Waals surface area contributed by atoms with E-state index in [9.17, 15) is 0 Å². The lowest BCUT2D eigenvalue weighted by atomic mass is 10.1. The molecule has 0 spiro atoms. The summed E-state index contributed by atoms with van der Waals surface area (Å²) < 4.78 is 11.0. The quantitative estimate of drug-likeness (QED) is 0.385. The van der Waals surface area contributed by atoms with Crippen LogP contribution in [0.1, 0.15) is 37.1 Å². The Morgan fingerprint density at radius 2 is 1.93 bits per heavy atom. The molecular weight excluding hydrogens is 394 g/mol. The number of para-hydroxylation sites is 1. The number of rotatable bonds is 7. The van der Waals surface area contributed by atoms with Gasteiger partial charge in [-0.2, -0.15) is 5.10 Å². The summed E-state index contributed by atoms with van der Waals surface area (Å²) in [7, 11) is 2.10. The van der Waals surface area contributed by atoms with Gasteiger partial charge in [0.15, 0.2) is 10.6 Å². The van der Waals surface area contributed by atoms with Crippen molar-refractivity contribution < 1.29 is 4.42 Å². The SMILES string of the molecule is CCc1oc2ccccc2c1CN(C)Cn1nc(-c2ccncc2)n(C2CC2)c1=S. The highest BCUT2D eigenvalue weighted by Crippen LogP contribution is 2.38. The smallest absolute Gasteiger partial charge is 0.199 e. The van der Waals surface area contributed by atoms with Crippen LogP contribution in [0.25, 0.3) is 22.4 Å². The van der Waals surface area contributed by atoms with Gasteiger partial charge in [-0.3, -0.25) is 14.5 Å². The Balaban J connectivity index is 1.45. The van der Waals surface area contributed by atoms with E-state index in [0.29, 0.717) is 12.7 Å². The van der Waals surface area contributed by atoms with E-state index >= 15 is 0 Å². The van der Waals surface area contributed by atoms with Gasteiger partial charge in [-0.05, 0) is 50.3 Å². The Morgan fingerprint density at radius 3 is 2.67 bits per heavy atom. The molecule has 0 aliphatic heterocycles. The third-order valence-corrected chi connectivity index (χ3v) is 6.03. The molecule has 1 aliphatic rings. The van der Waals surface area contributed by atoms with Gasteiger partial charge in [-0.25, -0.2) is 4.68 Å². The van der Waals surface area contributed by atoms with Gasteiger partial charge in [-0.1, -0.05) is 25.1 Å². The zero-order valence-electron chi connectivity index (χ0n) is 17.3. The first-order valence-corrected chi connectivity index (χ1v) is 10.8. The molecule has 3 aromatic heterocycles. The molecule has 1 fully saturated rings. The maximum absolute atomic E-state index is 6.06. The molecule has 1 saturated carbocycles. The highest BCUT2D eigenvalue weighted by Gasteiger charge is 2.29. The number of pyridine rings is 1. The molecule has 0 N–H and O–H groups in total. The van der Waals surface area contributed by atoms with Crippen LogP contribution in [0, 0.1) is 4.77 Å². The van der Waals surface area contributed by atoms with E-state index in [1.165, 1.54) is 10.9 Å². The van der Waals surface area contributed by atoms with E-state index < -0.39 is 0 Å². The van der Waals surface area contributed by atoms with Crippen molar-refractivity contribution in [3.05, 3.63) is 64.9 Å². The minimum Gasteiger partial charge on any atom is -0.461 e. The molecule has 7 heteroatoms. The third-order valence-electron chi connectivity index (χ3n) is 5.63. The van der Waals surface area contributed by atoms with Gasteiger partial charge < -0.3 is 4.42 Å². The van der Waals surface area contributed by atoms with Crippen molar-refractivity contribution in [2.75, 3.05) is 7.05 Å². The van der Waals surface area contributed by atoms with E-state index in [4.69, 9.17) is 21.7 Å². The van der Waals surface area contributed by atoms with Crippen LogP contribution in [0.15, 0.2) is 53.2 Å². The van der Waals surface area contributed by atoms with Gasteiger partial charge in [0.2, 0.25) is 0 Å². The molecule has 0 unspecified atom stereocenters. The van der Waals surface area contributed by atoms with E-state index in [1.807, 2.05) is 28.9 Å². The fraction of sp³-hybridized carbons (Fsp3) is 0.348. The van der Waals surface area contributed by atoms with Crippen LogP contribution < -0.4 is 0 Å². The summed E-state index contributed by atoms with van der Waals surface area (Å²) in [4.78, 5) is 6.38. The lowest BCUT2D eigenvalue weighted by molar-refractivity contribution is 0.243. The number of benzene rings is 1. The average molecular weight is 420 g/mol. The van der Waals surface area contributed by atoms with Crippen LogP contribution in [-0.4, -0.2) is 31.3 Å². The first kappa shape index (κ1) is 19.2. The van der Waals surface area contributed by atoms with Crippen molar-refractivity contribution in [3.63, 3.8) is 0 Å². The first-order chi connectivity index (χ1) is 14.7. The summed E-state index contributed by atoms with van der Waals surface area (Å²) in [5, 5.41) is 6.08. The normalized spacial score (nSPS) is 14.1. The van der Waals surface area contributed by atoms with Gasteiger partial charge in [0.05, 0.1) is 6.67 Å². The van der Waals surface area contributed by atoms with Crippen LogP contribution >= 0.6 is 12.2 Å². The summed E-state index contributed by atoms with van der Waals surface area (Å²) in [6.45, 7) is 3.54. The first-order valence-electron chi connectivity index (χ1n) is 10.4. The van der Waals surface area contributed by atoms with Crippen LogP contribution in [0.5, 0.6) is 0 Å². The standard InChI is InChI=1S/C23H25N5OS/c1-3-20-19(18-6-4-5-7-21(18)29-20)14-26(2)15-27-23(30)28(17-8-9-17)22(25-27)16-10-12-24-13-11-16/h4-7,10-13,17H,3,8-9,14-15H2,1-2H3. The summed E-state index contributed by atoms with van der Waals surface area (Å²) in [6, 6.07) is 12.7. The Kier molecular flexibility index (Phi) is 5.00. The monoisotopic (exact) mass is 419 g/mol. The molecule has 5 rings (SSSR count). The number of fused-ring (bicyclic) bond motifs is 1. The number of aryl methyl sites for hydroxylation is 1. The van der Waals surface area contributed by atoms with Crippen LogP contribution in [0.2, 0.25) is 0 Å². The second-order valence-electron chi connectivity index (χ2n) is 7.95. The zero-order chi connectivity index (χ0) is 20.7. The summed E-state index contributed by atoms with van der Waals surface area (Å²) in [5.41, 5.74) is 3.25. The topological polar surface area (TPSA) is 52.0 Å². The molecule has 0 bridgehead atoms. The highest BCUT2D eigenvalue weighted by atomic mass is 32.1. The van der Waals surface area contributed by atoms with Crippen molar-refractivity contribution in [2.45, 2.75) is 45.4 Å². The molecule has 1 aliphatic carbocycles. The predicted molar refractivity (Wildman–Crippen MR) is 120 cm³/mol. The zero-order valence-corrected chi connectivity index (χ0v) is 18.1. The average Bonchev–Trinajstić information content (AvgIpc) is 3.47. The van der Waals surface area contributed by atoms with Crippen molar-refractivity contribution in [1.29, 1.82) is 0 Å². The van der Waals surface area contributed by atoms with E-state index in [-0.39, 0.29) is 0 Å². The number of aromatic nitrogens is 4. The van der Waals surface area contributed by atoms with Gasteiger partial charge >= 0.3 is 0 Å². The molecule has 0 amide bonds. The molecule has 0 saturated heterocycles. The number of nitrogens with zero attached hydrogens (tertiary/aromatic N) is 5. The second kappa shape index (κ2) is 7.81. The molecular formula is C23H25N5OS. The van der Waals surface area contributed by atoms with Crippen molar-refractivity contribution >= 4 is 23.2 Å². The summed E-state index contributed by atoms with van der Waals surface area (Å²) in [6.07, 6.45) is 6.80. The fourth-order valence-electron chi connectivity index (χ4n) is 4.03. The van der Waals surface area contributed by atoms with Gasteiger partial charge in [0, 0.05) is 47.9 Å². The lowest BCUT2D eigenvalue weighted by Gasteiger charge is -2.16. The molecule has 3 heterocycles. The minimum absolute atomic E-state index is 0.462. The van der Waals surface area contributed by atoms with E-state index in [0.717, 1.165) is 53.3 Å². The summed E-state index contributed by atoms with van der Waals surface area (Å²) >= 11 is 5.82. The Labute approximate surface area is 180 Å². The second-order valence-corrected chi connectivity index (χ2v) is 8.32. The Bertz CT molecular complexity index is 1240. The van der Waals surface area contributed by atoms with Gasteiger partial charge in [0.25, 0.3) is 0 Å². The van der Waals surface area contributed by atoms with E-state index in [2.05, 4.69) is 40.6 Å². The molecule has 0 atom stereocenters. The van der Waals surface area contributed by atoms with Crippen LogP contribution in [-0.2, 0) is 19.6 Å². The van der Waals surface area contributed by atoms with Crippen molar-refractivity contribution in [1.82, 2.24) is 24.2 Å².